The van der Waals surface area contributed by atoms with Crippen LogP contribution in [0.25, 0.3) is 0 Å². The molecule has 7 nitrogen and oxygen atoms in total. The van der Waals surface area contributed by atoms with E-state index in [0.29, 0.717) is 15.8 Å². The molecule has 2 rings (SSSR count). The standard InChI is InChI=1S/C17H16Cl2N2O5/c1-10(11-3-5-13(18)14(19)7-11)20-17(22)9-26-16-6-4-12(25-2)8-15(16)21(23)24/h3-8,10H,9H2,1-2H3,(H,20,22). The van der Waals surface area contributed by atoms with Gasteiger partial charge in [-0.05, 0) is 36.8 Å². The lowest BCUT2D eigenvalue weighted by Crippen LogP contribution is -2.31. The second kappa shape index (κ2) is 8.73. The molecular weight excluding hydrogens is 383 g/mol. The Bertz CT molecular complexity index is 829. The summed E-state index contributed by atoms with van der Waals surface area (Å²) in [6, 6.07) is 8.82. The maximum absolute atomic E-state index is 12.1. The van der Waals surface area contributed by atoms with E-state index >= 15 is 0 Å². The van der Waals surface area contributed by atoms with Crippen LogP contribution < -0.4 is 14.8 Å². The number of carbonyl (C=O) groups is 1. The molecule has 1 amide bonds. The highest BCUT2D eigenvalue weighted by molar-refractivity contribution is 6.42. The van der Waals surface area contributed by atoms with Gasteiger partial charge in [0.15, 0.2) is 12.4 Å². The van der Waals surface area contributed by atoms with Gasteiger partial charge < -0.3 is 14.8 Å². The minimum Gasteiger partial charge on any atom is -0.496 e. The number of carbonyl (C=O) groups excluding carboxylic acids is 1. The lowest BCUT2D eigenvalue weighted by atomic mass is 10.1. The quantitative estimate of drug-likeness (QED) is 0.558. The number of benzene rings is 2. The van der Waals surface area contributed by atoms with Gasteiger partial charge in [-0.1, -0.05) is 29.3 Å². The highest BCUT2D eigenvalue weighted by Crippen LogP contribution is 2.31. The fourth-order valence-electron chi connectivity index (χ4n) is 2.18. The molecule has 0 aromatic heterocycles. The smallest absolute Gasteiger partial charge is 0.314 e. The van der Waals surface area contributed by atoms with Crippen LogP contribution in [0.5, 0.6) is 11.5 Å². The summed E-state index contributed by atoms with van der Waals surface area (Å²) < 4.78 is 10.2. The third-order valence-electron chi connectivity index (χ3n) is 3.54. The molecule has 2 aromatic rings. The van der Waals surface area contributed by atoms with Crippen LogP contribution in [0, 0.1) is 10.1 Å². The lowest BCUT2D eigenvalue weighted by Gasteiger charge is -2.15. The molecule has 0 fully saturated rings. The summed E-state index contributed by atoms with van der Waals surface area (Å²) in [6.07, 6.45) is 0. The van der Waals surface area contributed by atoms with Gasteiger partial charge in [-0.25, -0.2) is 0 Å². The zero-order valence-electron chi connectivity index (χ0n) is 14.0. The van der Waals surface area contributed by atoms with Gasteiger partial charge in [0.1, 0.15) is 5.75 Å². The Kier molecular flexibility index (Phi) is 6.65. The van der Waals surface area contributed by atoms with E-state index in [0.717, 1.165) is 5.56 Å². The number of ether oxygens (including phenoxy) is 2. The highest BCUT2D eigenvalue weighted by atomic mass is 35.5. The van der Waals surface area contributed by atoms with Gasteiger partial charge in [0.2, 0.25) is 0 Å². The molecule has 1 N–H and O–H groups in total. The summed E-state index contributed by atoms with van der Waals surface area (Å²) in [5.74, 6) is -0.136. The first-order chi connectivity index (χ1) is 12.3. The minimum absolute atomic E-state index is 0.0202. The Morgan fingerprint density at radius 2 is 1.96 bits per heavy atom. The molecule has 0 heterocycles. The number of halogens is 2. The van der Waals surface area contributed by atoms with E-state index in [2.05, 4.69) is 5.32 Å². The van der Waals surface area contributed by atoms with Gasteiger partial charge in [0.25, 0.3) is 5.91 Å². The number of rotatable bonds is 7. The van der Waals surface area contributed by atoms with Crippen molar-refractivity contribution in [1.82, 2.24) is 5.32 Å². The van der Waals surface area contributed by atoms with Crippen molar-refractivity contribution < 1.29 is 19.2 Å². The van der Waals surface area contributed by atoms with E-state index in [1.807, 2.05) is 0 Å². The zero-order valence-corrected chi connectivity index (χ0v) is 15.5. The average Bonchev–Trinajstić information content (AvgIpc) is 2.61. The van der Waals surface area contributed by atoms with Gasteiger partial charge in [-0.2, -0.15) is 0 Å². The number of nitro benzene ring substituents is 1. The van der Waals surface area contributed by atoms with Crippen LogP contribution in [-0.2, 0) is 4.79 Å². The fraction of sp³-hybridized carbons (Fsp3) is 0.235. The zero-order chi connectivity index (χ0) is 19.3. The number of methoxy groups -OCH3 is 1. The molecule has 2 aromatic carbocycles. The second-order valence-electron chi connectivity index (χ2n) is 5.34. The topological polar surface area (TPSA) is 90.7 Å². The van der Waals surface area contributed by atoms with Crippen molar-refractivity contribution in [3.63, 3.8) is 0 Å². The largest absolute Gasteiger partial charge is 0.496 e. The first-order valence-corrected chi connectivity index (χ1v) is 8.27. The minimum atomic E-state index is -0.603. The van der Waals surface area contributed by atoms with E-state index in [9.17, 15) is 14.9 Å². The number of hydrogen-bond acceptors (Lipinski definition) is 5. The Morgan fingerprint density at radius 3 is 2.58 bits per heavy atom. The predicted molar refractivity (Wildman–Crippen MR) is 98.2 cm³/mol. The van der Waals surface area contributed by atoms with Crippen LogP contribution in [0.4, 0.5) is 5.69 Å². The van der Waals surface area contributed by atoms with Crippen molar-refractivity contribution in [1.29, 1.82) is 0 Å². The number of nitrogens with one attached hydrogen (secondary N) is 1. The second-order valence-corrected chi connectivity index (χ2v) is 6.16. The van der Waals surface area contributed by atoms with Gasteiger partial charge in [-0.3, -0.25) is 14.9 Å². The Balaban J connectivity index is 2.00. The van der Waals surface area contributed by atoms with Crippen LogP contribution >= 0.6 is 23.2 Å². The number of hydrogen-bond donors (Lipinski definition) is 1. The molecular formula is C17H16Cl2N2O5. The van der Waals surface area contributed by atoms with Gasteiger partial charge in [0.05, 0.1) is 34.2 Å². The van der Waals surface area contributed by atoms with E-state index < -0.39 is 10.8 Å². The van der Waals surface area contributed by atoms with Crippen LogP contribution in [0.15, 0.2) is 36.4 Å². The van der Waals surface area contributed by atoms with Crippen LogP contribution in [0.1, 0.15) is 18.5 Å². The van der Waals surface area contributed by atoms with Crippen molar-refractivity contribution in [3.8, 4) is 11.5 Å². The number of amides is 1. The molecule has 0 saturated carbocycles. The summed E-state index contributed by atoms with van der Waals surface area (Å²) in [6.45, 7) is 1.39. The first-order valence-electron chi connectivity index (χ1n) is 7.51. The van der Waals surface area contributed by atoms with Crippen molar-refractivity contribution in [2.45, 2.75) is 13.0 Å². The van der Waals surface area contributed by atoms with Crippen molar-refractivity contribution in [2.24, 2.45) is 0 Å². The van der Waals surface area contributed by atoms with E-state index in [1.165, 1.54) is 25.3 Å². The molecule has 0 spiro atoms. The monoisotopic (exact) mass is 398 g/mol. The van der Waals surface area contributed by atoms with E-state index in [-0.39, 0.29) is 24.1 Å². The van der Waals surface area contributed by atoms with Crippen LogP contribution in [-0.4, -0.2) is 24.5 Å². The van der Waals surface area contributed by atoms with Crippen molar-refractivity contribution in [3.05, 3.63) is 62.1 Å². The summed E-state index contributed by atoms with van der Waals surface area (Å²) in [5, 5.41) is 14.6. The van der Waals surface area contributed by atoms with Crippen molar-refractivity contribution >= 4 is 34.8 Å². The van der Waals surface area contributed by atoms with Crippen LogP contribution in [0.2, 0.25) is 10.0 Å². The van der Waals surface area contributed by atoms with Crippen LogP contribution in [0.3, 0.4) is 0 Å². The Hall–Kier alpha value is -2.51. The molecule has 0 aliphatic rings. The Morgan fingerprint density at radius 1 is 1.23 bits per heavy atom. The van der Waals surface area contributed by atoms with E-state index in [4.69, 9.17) is 32.7 Å². The lowest BCUT2D eigenvalue weighted by molar-refractivity contribution is -0.385. The third-order valence-corrected chi connectivity index (χ3v) is 4.28. The third kappa shape index (κ3) is 5.00. The SMILES string of the molecule is COc1ccc(OCC(=O)NC(C)c2ccc(Cl)c(Cl)c2)c([N+](=O)[O-])c1. The number of nitro groups is 1. The maximum Gasteiger partial charge on any atom is 0.314 e. The summed E-state index contributed by atoms with van der Waals surface area (Å²) in [7, 11) is 1.40. The molecule has 9 heteroatoms. The molecule has 0 saturated heterocycles. The summed E-state index contributed by atoms with van der Waals surface area (Å²) in [5.41, 5.74) is 0.484. The molecule has 0 bridgehead atoms. The van der Waals surface area contributed by atoms with Gasteiger partial charge in [-0.15, -0.1) is 0 Å². The fourth-order valence-corrected chi connectivity index (χ4v) is 2.49. The molecule has 0 aliphatic heterocycles. The predicted octanol–water partition coefficient (Wildman–Crippen LogP) is 4.17. The van der Waals surface area contributed by atoms with E-state index in [1.54, 1.807) is 25.1 Å². The average molecular weight is 399 g/mol. The molecule has 0 radical (unpaired) electrons. The molecule has 138 valence electrons. The van der Waals surface area contributed by atoms with Crippen molar-refractivity contribution in [2.75, 3.05) is 13.7 Å². The summed E-state index contributed by atoms with van der Waals surface area (Å²) >= 11 is 11.8. The Labute approximate surface area is 160 Å². The molecule has 26 heavy (non-hydrogen) atoms. The van der Waals surface area contributed by atoms with Gasteiger partial charge in [0, 0.05) is 0 Å². The molecule has 1 unspecified atom stereocenters. The summed E-state index contributed by atoms with van der Waals surface area (Å²) in [4.78, 5) is 22.6. The normalized spacial score (nSPS) is 11.5. The van der Waals surface area contributed by atoms with Gasteiger partial charge >= 0.3 is 5.69 Å². The maximum atomic E-state index is 12.1. The highest BCUT2D eigenvalue weighted by Gasteiger charge is 2.18. The molecule has 0 aliphatic carbocycles. The first kappa shape index (κ1) is 19.8. The molecule has 1 atom stereocenters. The number of nitrogens with zero attached hydrogens (tertiary/aromatic N) is 1.